The zero-order chi connectivity index (χ0) is 15.8. The number of nitrogens with zero attached hydrogens (tertiary/aromatic N) is 2. The third-order valence-electron chi connectivity index (χ3n) is 3.83. The van der Waals surface area contributed by atoms with Crippen molar-refractivity contribution in [2.45, 2.75) is 51.6 Å². The van der Waals surface area contributed by atoms with Crippen molar-refractivity contribution in [2.75, 3.05) is 6.54 Å². The van der Waals surface area contributed by atoms with E-state index in [4.69, 9.17) is 0 Å². The van der Waals surface area contributed by atoms with Crippen LogP contribution >= 0.6 is 24.0 Å². The third kappa shape index (κ3) is 6.72. The van der Waals surface area contributed by atoms with E-state index < -0.39 is 0 Å². The Balaban J connectivity index is 0.00000264. The summed E-state index contributed by atoms with van der Waals surface area (Å²) >= 11 is 0. The monoisotopic (exact) mass is 432 g/mol. The molecule has 6 nitrogen and oxygen atoms in total. The lowest BCUT2D eigenvalue weighted by Crippen LogP contribution is -2.44. The first kappa shape index (κ1) is 19.7. The Morgan fingerprint density at radius 2 is 2.09 bits per heavy atom. The number of benzene rings is 1. The molecular formula is C16H25IN4O2. The molecule has 0 heterocycles. The summed E-state index contributed by atoms with van der Waals surface area (Å²) in [5.41, 5.74) is 0.952. The van der Waals surface area contributed by atoms with E-state index in [1.807, 2.05) is 13.0 Å². The van der Waals surface area contributed by atoms with E-state index in [1.165, 1.54) is 38.2 Å². The van der Waals surface area contributed by atoms with Crippen LogP contribution in [0.5, 0.6) is 0 Å². The smallest absolute Gasteiger partial charge is 0.269 e. The molecular weight excluding hydrogens is 407 g/mol. The minimum absolute atomic E-state index is 0. The molecule has 2 rings (SSSR count). The van der Waals surface area contributed by atoms with E-state index in [2.05, 4.69) is 15.6 Å². The highest BCUT2D eigenvalue weighted by molar-refractivity contribution is 14.0. The molecule has 0 atom stereocenters. The fourth-order valence-electron chi connectivity index (χ4n) is 2.70. The lowest BCUT2D eigenvalue weighted by molar-refractivity contribution is -0.384. The predicted octanol–water partition coefficient (Wildman–Crippen LogP) is 3.60. The van der Waals surface area contributed by atoms with E-state index in [-0.39, 0.29) is 34.6 Å². The molecule has 1 aliphatic rings. The molecule has 7 heteroatoms. The van der Waals surface area contributed by atoms with Gasteiger partial charge in [0.1, 0.15) is 0 Å². The second kappa shape index (κ2) is 10.4. The SMILES string of the molecule is CCNC(=NCc1cccc([N+](=O)[O-])c1)NC1CCCCC1.I. The highest BCUT2D eigenvalue weighted by Crippen LogP contribution is 2.17. The van der Waals surface area contributed by atoms with Gasteiger partial charge in [0.05, 0.1) is 11.5 Å². The lowest BCUT2D eigenvalue weighted by atomic mass is 9.96. The van der Waals surface area contributed by atoms with Gasteiger partial charge in [-0.25, -0.2) is 4.99 Å². The van der Waals surface area contributed by atoms with E-state index in [0.717, 1.165) is 18.1 Å². The maximum absolute atomic E-state index is 10.8. The van der Waals surface area contributed by atoms with E-state index in [1.54, 1.807) is 12.1 Å². The fourth-order valence-corrected chi connectivity index (χ4v) is 2.70. The number of hydrogen-bond donors (Lipinski definition) is 2. The largest absolute Gasteiger partial charge is 0.357 e. The minimum Gasteiger partial charge on any atom is -0.357 e. The van der Waals surface area contributed by atoms with Crippen LogP contribution in [0.25, 0.3) is 0 Å². The van der Waals surface area contributed by atoms with Crippen molar-refractivity contribution in [1.82, 2.24) is 10.6 Å². The highest BCUT2D eigenvalue weighted by atomic mass is 127. The van der Waals surface area contributed by atoms with Gasteiger partial charge in [0, 0.05) is 24.7 Å². The topological polar surface area (TPSA) is 79.6 Å². The summed E-state index contributed by atoms with van der Waals surface area (Å²) in [6.45, 7) is 3.27. The molecule has 0 bridgehead atoms. The van der Waals surface area contributed by atoms with Crippen LogP contribution < -0.4 is 10.6 Å². The minimum atomic E-state index is -0.376. The van der Waals surface area contributed by atoms with Crippen molar-refractivity contribution in [2.24, 2.45) is 4.99 Å². The number of nitro benzene ring substituents is 1. The summed E-state index contributed by atoms with van der Waals surface area (Å²) in [6.07, 6.45) is 6.21. The number of guanidine groups is 1. The number of nitrogens with one attached hydrogen (secondary N) is 2. The first-order chi connectivity index (χ1) is 10.7. The van der Waals surface area contributed by atoms with Gasteiger partial charge in [-0.3, -0.25) is 10.1 Å². The van der Waals surface area contributed by atoms with Gasteiger partial charge in [0.2, 0.25) is 0 Å². The van der Waals surface area contributed by atoms with Gasteiger partial charge in [0.25, 0.3) is 5.69 Å². The molecule has 0 spiro atoms. The molecule has 128 valence electrons. The normalized spacial score (nSPS) is 15.6. The average molecular weight is 432 g/mol. The molecule has 0 saturated heterocycles. The Hall–Kier alpha value is -1.38. The van der Waals surface area contributed by atoms with E-state index in [9.17, 15) is 10.1 Å². The Labute approximate surface area is 154 Å². The summed E-state index contributed by atoms with van der Waals surface area (Å²) in [4.78, 5) is 15.0. The van der Waals surface area contributed by atoms with Crippen LogP contribution in [-0.2, 0) is 6.54 Å². The molecule has 1 aliphatic carbocycles. The molecule has 1 saturated carbocycles. The summed E-state index contributed by atoms with van der Waals surface area (Å²) < 4.78 is 0. The number of aliphatic imine (C=N–C) groups is 1. The van der Waals surface area contributed by atoms with Crippen molar-refractivity contribution in [3.05, 3.63) is 39.9 Å². The highest BCUT2D eigenvalue weighted by Gasteiger charge is 2.14. The van der Waals surface area contributed by atoms with Crippen molar-refractivity contribution >= 4 is 35.6 Å². The van der Waals surface area contributed by atoms with Gasteiger partial charge in [-0.1, -0.05) is 31.4 Å². The average Bonchev–Trinajstić information content (AvgIpc) is 2.54. The first-order valence-electron chi connectivity index (χ1n) is 7.97. The summed E-state index contributed by atoms with van der Waals surface area (Å²) in [5, 5.41) is 17.5. The summed E-state index contributed by atoms with van der Waals surface area (Å²) in [6, 6.07) is 7.12. The number of halogens is 1. The van der Waals surface area contributed by atoms with Crippen LogP contribution in [0.4, 0.5) is 5.69 Å². The van der Waals surface area contributed by atoms with Gasteiger partial charge in [-0.05, 0) is 25.3 Å². The Kier molecular flexibility index (Phi) is 8.90. The second-order valence-corrected chi connectivity index (χ2v) is 5.60. The molecule has 1 aromatic carbocycles. The van der Waals surface area contributed by atoms with Crippen molar-refractivity contribution < 1.29 is 4.92 Å². The molecule has 2 N–H and O–H groups in total. The van der Waals surface area contributed by atoms with Crippen LogP contribution in [0.2, 0.25) is 0 Å². The molecule has 1 aromatic rings. The molecule has 1 fully saturated rings. The Morgan fingerprint density at radius 1 is 1.35 bits per heavy atom. The zero-order valence-electron chi connectivity index (χ0n) is 13.5. The number of nitro groups is 1. The maximum Gasteiger partial charge on any atom is 0.269 e. The zero-order valence-corrected chi connectivity index (χ0v) is 15.8. The molecule has 0 aromatic heterocycles. The van der Waals surface area contributed by atoms with Crippen LogP contribution in [0.3, 0.4) is 0 Å². The Morgan fingerprint density at radius 3 is 2.74 bits per heavy atom. The second-order valence-electron chi connectivity index (χ2n) is 5.60. The predicted molar refractivity (Wildman–Crippen MR) is 103 cm³/mol. The number of non-ortho nitro benzene ring substituents is 1. The molecule has 0 aliphatic heterocycles. The summed E-state index contributed by atoms with van der Waals surface area (Å²) in [7, 11) is 0. The van der Waals surface area contributed by atoms with E-state index in [0.29, 0.717) is 12.6 Å². The molecule has 0 radical (unpaired) electrons. The van der Waals surface area contributed by atoms with Crippen molar-refractivity contribution in [3.63, 3.8) is 0 Å². The lowest BCUT2D eigenvalue weighted by Gasteiger charge is -2.24. The van der Waals surface area contributed by atoms with Crippen LogP contribution in [0, 0.1) is 10.1 Å². The first-order valence-corrected chi connectivity index (χ1v) is 7.97. The van der Waals surface area contributed by atoms with Gasteiger partial charge in [0.15, 0.2) is 5.96 Å². The molecule has 0 amide bonds. The quantitative estimate of drug-likeness (QED) is 0.245. The van der Waals surface area contributed by atoms with Crippen LogP contribution in [0.1, 0.15) is 44.6 Å². The Bertz CT molecular complexity index is 531. The van der Waals surface area contributed by atoms with Gasteiger partial charge in [-0.15, -0.1) is 24.0 Å². The van der Waals surface area contributed by atoms with Crippen LogP contribution in [0.15, 0.2) is 29.3 Å². The van der Waals surface area contributed by atoms with Crippen molar-refractivity contribution in [1.29, 1.82) is 0 Å². The number of hydrogen-bond acceptors (Lipinski definition) is 3. The van der Waals surface area contributed by atoms with Gasteiger partial charge < -0.3 is 10.6 Å². The molecule has 23 heavy (non-hydrogen) atoms. The fraction of sp³-hybridized carbons (Fsp3) is 0.562. The van der Waals surface area contributed by atoms with Gasteiger partial charge >= 0.3 is 0 Å². The number of rotatable bonds is 5. The molecule has 0 unspecified atom stereocenters. The maximum atomic E-state index is 10.8. The van der Waals surface area contributed by atoms with Crippen molar-refractivity contribution in [3.8, 4) is 0 Å². The third-order valence-corrected chi connectivity index (χ3v) is 3.83. The van der Waals surface area contributed by atoms with Crippen LogP contribution in [-0.4, -0.2) is 23.5 Å². The summed E-state index contributed by atoms with van der Waals surface area (Å²) in [5.74, 6) is 0.793. The van der Waals surface area contributed by atoms with Gasteiger partial charge in [-0.2, -0.15) is 0 Å². The van der Waals surface area contributed by atoms with E-state index >= 15 is 0 Å². The standard InChI is InChI=1S/C16H24N4O2.HI/c1-2-17-16(19-14-8-4-3-5-9-14)18-12-13-7-6-10-15(11-13)20(21)22;/h6-7,10-11,14H,2-5,8-9,12H2,1H3,(H2,17,18,19);1H.